The zero-order valence-electron chi connectivity index (χ0n) is 15.9. The van der Waals surface area contributed by atoms with E-state index >= 15 is 0 Å². The molecule has 0 atom stereocenters. The molecule has 1 aliphatic heterocycles. The highest BCUT2D eigenvalue weighted by molar-refractivity contribution is 5.79. The van der Waals surface area contributed by atoms with Gasteiger partial charge in [0, 0.05) is 20.1 Å². The average Bonchev–Trinajstić information content (AvgIpc) is 2.93. The van der Waals surface area contributed by atoms with E-state index < -0.39 is 0 Å². The molecule has 25 heavy (non-hydrogen) atoms. The minimum atomic E-state index is 0.873. The predicted octanol–water partition coefficient (Wildman–Crippen LogP) is 2.67. The van der Waals surface area contributed by atoms with Gasteiger partial charge >= 0.3 is 0 Å². The normalized spacial score (nSPS) is 16.3. The molecule has 2 rings (SSSR count). The van der Waals surface area contributed by atoms with Crippen LogP contribution in [0.4, 0.5) is 0 Å². The summed E-state index contributed by atoms with van der Waals surface area (Å²) < 4.78 is 5.19. The summed E-state index contributed by atoms with van der Waals surface area (Å²) in [6.07, 6.45) is 7.67. The molecular weight excluding hydrogens is 312 g/mol. The zero-order chi connectivity index (χ0) is 17.7. The number of aliphatic imine (C=N–C) groups is 1. The molecule has 0 unspecified atom stereocenters. The van der Waals surface area contributed by atoms with E-state index in [0.29, 0.717) is 0 Å². The molecule has 140 valence electrons. The van der Waals surface area contributed by atoms with Crippen molar-refractivity contribution in [2.24, 2.45) is 4.99 Å². The molecule has 2 N–H and O–H groups in total. The lowest BCUT2D eigenvalue weighted by molar-refractivity contribution is 0.282. The van der Waals surface area contributed by atoms with Gasteiger partial charge in [0.15, 0.2) is 5.96 Å². The van der Waals surface area contributed by atoms with Crippen molar-refractivity contribution < 1.29 is 4.74 Å². The van der Waals surface area contributed by atoms with Crippen LogP contribution in [0.3, 0.4) is 0 Å². The quantitative estimate of drug-likeness (QED) is 0.432. The van der Waals surface area contributed by atoms with Gasteiger partial charge in [-0.25, -0.2) is 0 Å². The van der Waals surface area contributed by atoms with Crippen LogP contribution < -0.4 is 15.4 Å². The Morgan fingerprint density at radius 3 is 2.36 bits per heavy atom. The topological polar surface area (TPSA) is 48.9 Å². The highest BCUT2D eigenvalue weighted by atomic mass is 16.5. The van der Waals surface area contributed by atoms with Crippen LogP contribution in [0.1, 0.15) is 37.7 Å². The fourth-order valence-electron chi connectivity index (χ4n) is 3.21. The molecule has 0 saturated carbocycles. The highest BCUT2D eigenvalue weighted by Gasteiger charge is 2.08. The van der Waals surface area contributed by atoms with Gasteiger partial charge in [-0.3, -0.25) is 4.99 Å². The first-order valence-corrected chi connectivity index (χ1v) is 9.61. The van der Waals surface area contributed by atoms with E-state index in [4.69, 9.17) is 4.74 Å². The fraction of sp³-hybridized carbons (Fsp3) is 0.650. The molecule has 5 nitrogen and oxygen atoms in total. The van der Waals surface area contributed by atoms with E-state index in [1.807, 2.05) is 19.2 Å². The summed E-state index contributed by atoms with van der Waals surface area (Å²) in [4.78, 5) is 6.91. The molecule has 1 aromatic rings. The van der Waals surface area contributed by atoms with Crippen molar-refractivity contribution in [2.75, 3.05) is 46.9 Å². The van der Waals surface area contributed by atoms with E-state index in [0.717, 1.165) is 31.2 Å². The maximum absolute atomic E-state index is 5.19. The van der Waals surface area contributed by atoms with E-state index in [1.165, 1.54) is 57.3 Å². The van der Waals surface area contributed by atoms with Crippen LogP contribution in [0.15, 0.2) is 29.3 Å². The summed E-state index contributed by atoms with van der Waals surface area (Å²) in [7, 11) is 3.52. The lowest BCUT2D eigenvalue weighted by Gasteiger charge is -2.20. The number of nitrogens with one attached hydrogen (secondary N) is 2. The zero-order valence-corrected chi connectivity index (χ0v) is 15.9. The van der Waals surface area contributed by atoms with Gasteiger partial charge in [-0.05, 0) is 63.0 Å². The Bertz CT molecular complexity index is 493. The summed E-state index contributed by atoms with van der Waals surface area (Å²) in [6.45, 7) is 5.58. The SMILES string of the molecule is CN=C(NCCCN1CCCCCC1)NCCc1ccc(OC)cc1. The number of methoxy groups -OCH3 is 1. The smallest absolute Gasteiger partial charge is 0.190 e. The average molecular weight is 347 g/mol. The van der Waals surface area contributed by atoms with Crippen LogP contribution >= 0.6 is 0 Å². The Labute approximate surface area is 152 Å². The first-order chi connectivity index (χ1) is 12.3. The van der Waals surface area contributed by atoms with Crippen LogP contribution in [0.25, 0.3) is 0 Å². The van der Waals surface area contributed by atoms with Crippen molar-refractivity contribution in [1.29, 1.82) is 0 Å². The van der Waals surface area contributed by atoms with Crippen LogP contribution in [-0.4, -0.2) is 57.7 Å². The predicted molar refractivity (Wildman–Crippen MR) is 106 cm³/mol. The van der Waals surface area contributed by atoms with E-state index in [-0.39, 0.29) is 0 Å². The lowest BCUT2D eigenvalue weighted by Crippen LogP contribution is -2.39. The minimum absolute atomic E-state index is 0.873. The molecule has 0 radical (unpaired) electrons. The number of benzene rings is 1. The molecule has 5 heteroatoms. The minimum Gasteiger partial charge on any atom is -0.497 e. The summed E-state index contributed by atoms with van der Waals surface area (Å²) in [5.41, 5.74) is 1.30. The maximum atomic E-state index is 5.19. The summed E-state index contributed by atoms with van der Waals surface area (Å²) in [5.74, 6) is 1.79. The van der Waals surface area contributed by atoms with Gasteiger partial charge in [-0.15, -0.1) is 0 Å². The second-order valence-electron chi connectivity index (χ2n) is 6.63. The standard InChI is InChI=1S/C20H34N4O/c1-21-20(22-13-7-17-24-15-5-3-4-6-16-24)23-14-12-18-8-10-19(25-2)11-9-18/h8-11H,3-7,12-17H2,1-2H3,(H2,21,22,23). The number of hydrogen-bond donors (Lipinski definition) is 2. The molecule has 1 aromatic carbocycles. The van der Waals surface area contributed by atoms with E-state index in [2.05, 4.69) is 32.7 Å². The Kier molecular flexibility index (Phi) is 9.19. The summed E-state index contributed by atoms with van der Waals surface area (Å²) >= 11 is 0. The van der Waals surface area contributed by atoms with Crippen molar-refractivity contribution in [3.8, 4) is 5.75 Å². The van der Waals surface area contributed by atoms with Gasteiger partial charge in [0.25, 0.3) is 0 Å². The van der Waals surface area contributed by atoms with Crippen molar-refractivity contribution in [3.63, 3.8) is 0 Å². The molecule has 1 saturated heterocycles. The van der Waals surface area contributed by atoms with Gasteiger partial charge in [-0.2, -0.15) is 0 Å². The second kappa shape index (κ2) is 11.7. The van der Waals surface area contributed by atoms with Crippen LogP contribution in [-0.2, 0) is 6.42 Å². The number of nitrogens with zero attached hydrogens (tertiary/aromatic N) is 2. The summed E-state index contributed by atoms with van der Waals surface area (Å²) in [6, 6.07) is 8.23. The van der Waals surface area contributed by atoms with Gasteiger partial charge in [0.1, 0.15) is 5.75 Å². The van der Waals surface area contributed by atoms with E-state index in [1.54, 1.807) is 7.11 Å². The Hall–Kier alpha value is -1.75. The number of rotatable bonds is 8. The maximum Gasteiger partial charge on any atom is 0.190 e. The Morgan fingerprint density at radius 1 is 1.04 bits per heavy atom. The van der Waals surface area contributed by atoms with Crippen molar-refractivity contribution in [2.45, 2.75) is 38.5 Å². The third-order valence-electron chi connectivity index (χ3n) is 4.73. The fourth-order valence-corrected chi connectivity index (χ4v) is 3.21. The first kappa shape index (κ1) is 19.6. The van der Waals surface area contributed by atoms with Crippen LogP contribution in [0, 0.1) is 0 Å². The Morgan fingerprint density at radius 2 is 1.72 bits per heavy atom. The number of likely N-dealkylation sites (tertiary alicyclic amines) is 1. The van der Waals surface area contributed by atoms with Crippen LogP contribution in [0.2, 0.25) is 0 Å². The molecule has 0 amide bonds. The second-order valence-corrected chi connectivity index (χ2v) is 6.63. The van der Waals surface area contributed by atoms with Crippen molar-refractivity contribution in [3.05, 3.63) is 29.8 Å². The summed E-state index contributed by atoms with van der Waals surface area (Å²) in [5, 5.41) is 6.81. The van der Waals surface area contributed by atoms with Gasteiger partial charge < -0.3 is 20.3 Å². The monoisotopic (exact) mass is 346 g/mol. The molecule has 0 bridgehead atoms. The molecule has 1 fully saturated rings. The number of ether oxygens (including phenoxy) is 1. The van der Waals surface area contributed by atoms with Crippen molar-refractivity contribution in [1.82, 2.24) is 15.5 Å². The van der Waals surface area contributed by atoms with E-state index in [9.17, 15) is 0 Å². The number of hydrogen-bond acceptors (Lipinski definition) is 3. The third kappa shape index (κ3) is 7.78. The molecule has 1 heterocycles. The molecule has 0 aromatic heterocycles. The largest absolute Gasteiger partial charge is 0.497 e. The lowest BCUT2D eigenvalue weighted by atomic mass is 10.1. The highest BCUT2D eigenvalue weighted by Crippen LogP contribution is 2.11. The van der Waals surface area contributed by atoms with Crippen molar-refractivity contribution >= 4 is 5.96 Å². The first-order valence-electron chi connectivity index (χ1n) is 9.61. The van der Waals surface area contributed by atoms with Gasteiger partial charge in [0.2, 0.25) is 0 Å². The van der Waals surface area contributed by atoms with Crippen LogP contribution in [0.5, 0.6) is 5.75 Å². The Balaban J connectivity index is 1.58. The molecule has 1 aliphatic rings. The van der Waals surface area contributed by atoms with Gasteiger partial charge in [0.05, 0.1) is 7.11 Å². The molecular formula is C20H34N4O. The number of guanidine groups is 1. The third-order valence-corrected chi connectivity index (χ3v) is 4.73. The molecule has 0 spiro atoms. The van der Waals surface area contributed by atoms with Gasteiger partial charge in [-0.1, -0.05) is 25.0 Å². The molecule has 0 aliphatic carbocycles.